The fourth-order valence-electron chi connectivity index (χ4n) is 2.27. The number of carbonyl (C=O) groups excluding carboxylic acids is 1. The fourth-order valence-corrected chi connectivity index (χ4v) is 2.53. The lowest BCUT2D eigenvalue weighted by atomic mass is 10.0. The first-order chi connectivity index (χ1) is 11.9. The van der Waals surface area contributed by atoms with E-state index in [9.17, 15) is 14.7 Å². The van der Waals surface area contributed by atoms with Gasteiger partial charge in [0.05, 0.1) is 5.02 Å². The molecule has 0 heterocycles. The number of phenolic OH excluding ortho intramolecular Hbond substituents is 1. The van der Waals surface area contributed by atoms with Crippen molar-refractivity contribution in [2.45, 2.75) is 26.0 Å². The van der Waals surface area contributed by atoms with Gasteiger partial charge in [-0.15, -0.1) is 0 Å². The number of ether oxygens (including phenoxy) is 1. The van der Waals surface area contributed by atoms with Crippen LogP contribution in [0.2, 0.25) is 5.02 Å². The van der Waals surface area contributed by atoms with Gasteiger partial charge in [-0.3, -0.25) is 4.79 Å². The molecule has 0 aliphatic heterocycles. The number of phenols is 1. The Morgan fingerprint density at radius 2 is 1.96 bits per heavy atom. The summed E-state index contributed by atoms with van der Waals surface area (Å²) in [6.45, 7) is 1.79. The Bertz CT molecular complexity index is 806. The Labute approximate surface area is 149 Å². The number of aromatic hydroxyl groups is 1. The summed E-state index contributed by atoms with van der Waals surface area (Å²) in [4.78, 5) is 23.6. The number of halogens is 1. The summed E-state index contributed by atoms with van der Waals surface area (Å²) in [6, 6.07) is 8.77. The van der Waals surface area contributed by atoms with E-state index in [1.807, 2.05) is 0 Å². The van der Waals surface area contributed by atoms with Crippen molar-refractivity contribution < 1.29 is 24.5 Å². The molecule has 25 heavy (non-hydrogen) atoms. The van der Waals surface area contributed by atoms with E-state index in [-0.39, 0.29) is 34.4 Å². The largest absolute Gasteiger partial charge is 0.508 e. The molecule has 2 aromatic rings. The molecule has 0 aliphatic carbocycles. The van der Waals surface area contributed by atoms with E-state index in [1.165, 1.54) is 36.4 Å². The molecule has 4 N–H and O–H groups in total. The second-order valence-corrected chi connectivity index (χ2v) is 5.78. The van der Waals surface area contributed by atoms with Crippen molar-refractivity contribution in [3.05, 3.63) is 58.1 Å². The summed E-state index contributed by atoms with van der Waals surface area (Å²) in [5.74, 6) is -1.12. The lowest BCUT2D eigenvalue weighted by molar-refractivity contribution is -0.145. The first kappa shape index (κ1) is 18.8. The van der Waals surface area contributed by atoms with Gasteiger partial charge in [-0.1, -0.05) is 18.5 Å². The van der Waals surface area contributed by atoms with E-state index >= 15 is 0 Å². The highest BCUT2D eigenvalue weighted by Gasteiger charge is 2.19. The van der Waals surface area contributed by atoms with Crippen LogP contribution in [0.25, 0.3) is 0 Å². The molecular weight excluding hydrogens is 346 g/mol. The number of benzene rings is 2. The van der Waals surface area contributed by atoms with Gasteiger partial charge in [0.1, 0.15) is 11.5 Å². The highest BCUT2D eigenvalue weighted by molar-refractivity contribution is 6.35. The molecule has 6 nitrogen and oxygen atoms in total. The summed E-state index contributed by atoms with van der Waals surface area (Å²) < 4.78 is 5.35. The number of carboxylic acid groups (broad SMARTS) is 1. The van der Waals surface area contributed by atoms with Crippen LogP contribution in [-0.2, 0) is 11.3 Å². The maximum absolute atomic E-state index is 12.6. The number of nitrogens with two attached hydrogens (primary N) is 1. The Kier molecular flexibility index (Phi) is 6.01. The summed E-state index contributed by atoms with van der Waals surface area (Å²) in [5.41, 5.74) is 6.56. The van der Waals surface area contributed by atoms with Crippen molar-refractivity contribution in [3.63, 3.8) is 0 Å². The molecule has 0 fully saturated rings. The maximum atomic E-state index is 12.6. The zero-order valence-electron chi connectivity index (χ0n) is 13.5. The average molecular weight is 364 g/mol. The topological polar surface area (TPSA) is 110 Å². The van der Waals surface area contributed by atoms with Gasteiger partial charge >= 0.3 is 5.97 Å². The zero-order chi connectivity index (χ0) is 18.6. The first-order valence-electron chi connectivity index (χ1n) is 7.63. The summed E-state index contributed by atoms with van der Waals surface area (Å²) in [7, 11) is 0. The second kappa shape index (κ2) is 8.00. The number of ketones is 1. The minimum atomic E-state index is -1.07. The monoisotopic (exact) mass is 363 g/mol. The Balaban J connectivity index is 2.28. The van der Waals surface area contributed by atoms with Gasteiger partial charge in [-0.05, 0) is 42.8 Å². The van der Waals surface area contributed by atoms with Crippen molar-refractivity contribution in [3.8, 4) is 11.5 Å². The van der Waals surface area contributed by atoms with Gasteiger partial charge in [0.15, 0.2) is 11.9 Å². The van der Waals surface area contributed by atoms with E-state index in [0.29, 0.717) is 17.5 Å². The number of hydrogen-bond acceptors (Lipinski definition) is 5. The first-order valence-corrected chi connectivity index (χ1v) is 8.00. The zero-order valence-corrected chi connectivity index (χ0v) is 14.3. The molecule has 2 aromatic carbocycles. The van der Waals surface area contributed by atoms with Gasteiger partial charge in [-0.25, -0.2) is 4.79 Å². The van der Waals surface area contributed by atoms with E-state index in [1.54, 1.807) is 6.92 Å². The molecule has 2 rings (SSSR count). The van der Waals surface area contributed by atoms with Crippen molar-refractivity contribution in [2.75, 3.05) is 0 Å². The van der Waals surface area contributed by atoms with Crippen molar-refractivity contribution >= 4 is 23.4 Å². The SMILES string of the molecule is CCC(Oc1ccc(C(=O)c2ccc(O)c(CN)c2)c(Cl)c1)C(=O)O. The minimum Gasteiger partial charge on any atom is -0.508 e. The lowest BCUT2D eigenvalue weighted by Crippen LogP contribution is -2.25. The summed E-state index contributed by atoms with van der Waals surface area (Å²) in [5, 5.41) is 18.8. The highest BCUT2D eigenvalue weighted by atomic mass is 35.5. The Hall–Kier alpha value is -2.57. The van der Waals surface area contributed by atoms with Crippen LogP contribution in [-0.4, -0.2) is 28.1 Å². The Morgan fingerprint density at radius 3 is 2.52 bits per heavy atom. The van der Waals surface area contributed by atoms with Crippen LogP contribution in [0, 0.1) is 0 Å². The van der Waals surface area contributed by atoms with E-state index < -0.39 is 12.1 Å². The van der Waals surface area contributed by atoms with Crippen molar-refractivity contribution in [2.24, 2.45) is 5.73 Å². The third-order valence-electron chi connectivity index (χ3n) is 3.67. The highest BCUT2D eigenvalue weighted by Crippen LogP contribution is 2.27. The quantitative estimate of drug-likeness (QED) is 0.652. The summed E-state index contributed by atoms with van der Waals surface area (Å²) >= 11 is 6.16. The van der Waals surface area contributed by atoms with Crippen molar-refractivity contribution in [1.29, 1.82) is 0 Å². The van der Waals surface area contributed by atoms with Gasteiger partial charge in [0, 0.05) is 23.2 Å². The molecule has 0 spiro atoms. The normalized spacial score (nSPS) is 11.8. The van der Waals surface area contributed by atoms with Crippen LogP contribution in [0.5, 0.6) is 11.5 Å². The third kappa shape index (κ3) is 4.29. The standard InChI is InChI=1S/C18H18ClNO5/c1-2-16(18(23)24)25-12-4-5-13(14(19)8-12)17(22)10-3-6-15(21)11(7-10)9-20/h3-8,16,21H,2,9,20H2,1H3,(H,23,24). The van der Waals surface area contributed by atoms with Crippen LogP contribution in [0.3, 0.4) is 0 Å². The molecule has 132 valence electrons. The van der Waals surface area contributed by atoms with Crippen LogP contribution in [0.1, 0.15) is 34.8 Å². The summed E-state index contributed by atoms with van der Waals surface area (Å²) in [6.07, 6.45) is -0.690. The van der Waals surface area contributed by atoms with Crippen LogP contribution < -0.4 is 10.5 Å². The number of hydrogen-bond donors (Lipinski definition) is 3. The molecule has 1 atom stereocenters. The number of carbonyl (C=O) groups is 2. The molecule has 0 saturated carbocycles. The molecule has 1 unspecified atom stereocenters. The number of rotatable bonds is 7. The average Bonchev–Trinajstić information content (AvgIpc) is 2.59. The van der Waals surface area contributed by atoms with E-state index in [0.717, 1.165) is 0 Å². The smallest absolute Gasteiger partial charge is 0.344 e. The molecule has 0 aliphatic rings. The number of carboxylic acids is 1. The maximum Gasteiger partial charge on any atom is 0.344 e. The molecule has 0 bridgehead atoms. The van der Waals surface area contributed by atoms with Crippen molar-refractivity contribution in [1.82, 2.24) is 0 Å². The van der Waals surface area contributed by atoms with Gasteiger partial charge in [-0.2, -0.15) is 0 Å². The van der Waals surface area contributed by atoms with Gasteiger partial charge in [0.2, 0.25) is 0 Å². The molecule has 0 radical (unpaired) electrons. The molecular formula is C18H18ClNO5. The molecule has 0 aromatic heterocycles. The Morgan fingerprint density at radius 1 is 1.24 bits per heavy atom. The second-order valence-electron chi connectivity index (χ2n) is 5.37. The molecule has 0 saturated heterocycles. The predicted octanol–water partition coefficient (Wildman–Crippen LogP) is 2.98. The van der Waals surface area contributed by atoms with Crippen LogP contribution in [0.4, 0.5) is 0 Å². The number of aliphatic carboxylic acids is 1. The van der Waals surface area contributed by atoms with E-state index in [4.69, 9.17) is 27.2 Å². The third-order valence-corrected chi connectivity index (χ3v) is 3.98. The van der Waals surface area contributed by atoms with E-state index in [2.05, 4.69) is 0 Å². The fraction of sp³-hybridized carbons (Fsp3) is 0.222. The van der Waals surface area contributed by atoms with Crippen LogP contribution >= 0.6 is 11.6 Å². The lowest BCUT2D eigenvalue weighted by Gasteiger charge is -2.14. The minimum absolute atomic E-state index is 0.0215. The van der Waals surface area contributed by atoms with Gasteiger partial charge < -0.3 is 20.7 Å². The van der Waals surface area contributed by atoms with Gasteiger partial charge in [0.25, 0.3) is 0 Å². The predicted molar refractivity (Wildman–Crippen MR) is 93.2 cm³/mol. The molecule has 0 amide bonds. The molecule has 7 heteroatoms. The van der Waals surface area contributed by atoms with Crippen LogP contribution in [0.15, 0.2) is 36.4 Å².